The van der Waals surface area contributed by atoms with E-state index < -0.39 is 11.9 Å². The number of aryl methyl sites for hydroxylation is 1. The highest BCUT2D eigenvalue weighted by atomic mass is 79.9. The molecule has 1 amide bonds. The first kappa shape index (κ1) is 20.6. The molecular weight excluding hydrogens is 432 g/mol. The number of benzene rings is 2. The topological polar surface area (TPSA) is 74.3 Å². The Bertz CT molecular complexity index is 1080. The number of esters is 1. The minimum Gasteiger partial charge on any atom is -0.463 e. The van der Waals surface area contributed by atoms with E-state index in [1.165, 1.54) is 6.08 Å². The van der Waals surface area contributed by atoms with Crippen LogP contribution in [0.1, 0.15) is 28.4 Å². The van der Waals surface area contributed by atoms with Crippen molar-refractivity contribution in [3.8, 4) is 16.9 Å². The van der Waals surface area contributed by atoms with Gasteiger partial charge in [-0.05, 0) is 68.0 Å². The molecule has 1 aromatic heterocycles. The molecule has 2 aromatic carbocycles. The normalized spacial score (nSPS) is 11.0. The molecule has 0 saturated heterocycles. The fourth-order valence-electron chi connectivity index (χ4n) is 3.11. The van der Waals surface area contributed by atoms with E-state index in [-0.39, 0.29) is 0 Å². The molecule has 0 aliphatic rings. The molecule has 0 spiro atoms. The van der Waals surface area contributed by atoms with Crippen molar-refractivity contribution in [2.24, 2.45) is 5.73 Å². The van der Waals surface area contributed by atoms with Crippen LogP contribution in [0.4, 0.5) is 0 Å². The van der Waals surface area contributed by atoms with Crippen LogP contribution in [0.15, 0.2) is 65.3 Å². The molecule has 5 nitrogen and oxygen atoms in total. The largest absolute Gasteiger partial charge is 0.463 e. The third-order valence-electron chi connectivity index (χ3n) is 4.47. The average Bonchev–Trinajstić information content (AvgIpc) is 3.10. The SMILES string of the molecule is CCOC(=O)C=Cc1ccn(-c2ccc(Br)cc2)c1-c1ccc(C(N)=O)cc1C. The Hall–Kier alpha value is -3.12. The lowest BCUT2D eigenvalue weighted by atomic mass is 9.99. The van der Waals surface area contributed by atoms with Crippen molar-refractivity contribution in [2.75, 3.05) is 6.61 Å². The fraction of sp³-hybridized carbons (Fsp3) is 0.130. The number of primary amides is 1. The highest BCUT2D eigenvalue weighted by Gasteiger charge is 2.15. The number of carbonyl (C=O) groups excluding carboxylic acids is 2. The maximum Gasteiger partial charge on any atom is 0.330 e. The van der Waals surface area contributed by atoms with E-state index in [4.69, 9.17) is 10.5 Å². The molecule has 0 aliphatic carbocycles. The van der Waals surface area contributed by atoms with Crippen molar-refractivity contribution >= 4 is 33.9 Å². The predicted molar refractivity (Wildman–Crippen MR) is 118 cm³/mol. The molecule has 148 valence electrons. The van der Waals surface area contributed by atoms with E-state index in [1.807, 2.05) is 54.1 Å². The van der Waals surface area contributed by atoms with Gasteiger partial charge in [0.1, 0.15) is 0 Å². The van der Waals surface area contributed by atoms with Crippen LogP contribution in [0, 0.1) is 6.92 Å². The molecule has 0 fully saturated rings. The maximum atomic E-state index is 11.8. The highest BCUT2D eigenvalue weighted by molar-refractivity contribution is 9.10. The van der Waals surface area contributed by atoms with Gasteiger partial charge >= 0.3 is 5.97 Å². The maximum absolute atomic E-state index is 11.8. The molecule has 0 aliphatic heterocycles. The second kappa shape index (κ2) is 8.92. The van der Waals surface area contributed by atoms with Crippen LogP contribution in [0.3, 0.4) is 0 Å². The second-order valence-electron chi connectivity index (χ2n) is 6.45. The zero-order chi connectivity index (χ0) is 21.0. The number of nitrogens with two attached hydrogens (primary N) is 1. The van der Waals surface area contributed by atoms with E-state index in [1.54, 1.807) is 25.1 Å². The van der Waals surface area contributed by atoms with Gasteiger partial charge in [-0.1, -0.05) is 22.0 Å². The summed E-state index contributed by atoms with van der Waals surface area (Å²) in [6.07, 6.45) is 5.11. The number of hydrogen-bond donors (Lipinski definition) is 1. The first-order valence-electron chi connectivity index (χ1n) is 9.13. The van der Waals surface area contributed by atoms with Gasteiger partial charge in [-0.25, -0.2) is 4.79 Å². The zero-order valence-electron chi connectivity index (χ0n) is 16.2. The summed E-state index contributed by atoms with van der Waals surface area (Å²) in [5, 5.41) is 0. The van der Waals surface area contributed by atoms with Gasteiger partial charge in [0.15, 0.2) is 0 Å². The summed E-state index contributed by atoms with van der Waals surface area (Å²) < 4.78 is 8.02. The number of halogens is 1. The van der Waals surface area contributed by atoms with E-state index in [0.717, 1.165) is 32.5 Å². The van der Waals surface area contributed by atoms with Crippen LogP contribution in [0.5, 0.6) is 0 Å². The molecule has 0 saturated carbocycles. The molecule has 3 rings (SSSR count). The van der Waals surface area contributed by atoms with E-state index >= 15 is 0 Å². The van der Waals surface area contributed by atoms with E-state index in [9.17, 15) is 9.59 Å². The Morgan fingerprint density at radius 1 is 1.14 bits per heavy atom. The lowest BCUT2D eigenvalue weighted by molar-refractivity contribution is -0.137. The smallest absolute Gasteiger partial charge is 0.330 e. The molecule has 2 N–H and O–H groups in total. The first-order chi connectivity index (χ1) is 13.9. The van der Waals surface area contributed by atoms with Gasteiger partial charge < -0.3 is 15.0 Å². The summed E-state index contributed by atoms with van der Waals surface area (Å²) in [4.78, 5) is 23.3. The van der Waals surface area contributed by atoms with Gasteiger partial charge in [-0.2, -0.15) is 0 Å². The summed E-state index contributed by atoms with van der Waals surface area (Å²) in [5.74, 6) is -0.860. The number of aromatic nitrogens is 1. The van der Waals surface area contributed by atoms with Crippen LogP contribution in [0.25, 0.3) is 23.0 Å². The van der Waals surface area contributed by atoms with Crippen molar-refractivity contribution < 1.29 is 14.3 Å². The summed E-state index contributed by atoms with van der Waals surface area (Å²) in [7, 11) is 0. The number of carbonyl (C=O) groups is 2. The molecule has 0 atom stereocenters. The fourth-order valence-corrected chi connectivity index (χ4v) is 3.38. The summed E-state index contributed by atoms with van der Waals surface area (Å²) >= 11 is 3.46. The van der Waals surface area contributed by atoms with Crippen LogP contribution >= 0.6 is 15.9 Å². The van der Waals surface area contributed by atoms with Crippen molar-refractivity contribution in [3.05, 3.63) is 82.0 Å². The minimum absolute atomic E-state index is 0.323. The van der Waals surface area contributed by atoms with Gasteiger partial charge in [0.25, 0.3) is 0 Å². The zero-order valence-corrected chi connectivity index (χ0v) is 17.8. The molecule has 29 heavy (non-hydrogen) atoms. The summed E-state index contributed by atoms with van der Waals surface area (Å²) in [6, 6.07) is 15.2. The average molecular weight is 453 g/mol. The van der Waals surface area contributed by atoms with Gasteiger partial charge in [0.2, 0.25) is 5.91 Å². The van der Waals surface area contributed by atoms with Crippen LogP contribution in [-0.2, 0) is 9.53 Å². The Morgan fingerprint density at radius 2 is 1.86 bits per heavy atom. The molecular formula is C23H21BrN2O3. The number of nitrogens with zero attached hydrogens (tertiary/aromatic N) is 1. The molecule has 3 aromatic rings. The van der Waals surface area contributed by atoms with Gasteiger partial charge in [0.05, 0.1) is 12.3 Å². The molecule has 1 heterocycles. The lowest BCUT2D eigenvalue weighted by Gasteiger charge is -2.14. The predicted octanol–water partition coefficient (Wildman–Crippen LogP) is 4.89. The molecule has 0 unspecified atom stereocenters. The van der Waals surface area contributed by atoms with E-state index in [0.29, 0.717) is 12.2 Å². The van der Waals surface area contributed by atoms with E-state index in [2.05, 4.69) is 15.9 Å². The summed E-state index contributed by atoms with van der Waals surface area (Å²) in [6.45, 7) is 4.02. The monoisotopic (exact) mass is 452 g/mol. The summed E-state index contributed by atoms with van der Waals surface area (Å²) in [5.41, 5.74) is 10.4. The third kappa shape index (κ3) is 4.66. The quantitative estimate of drug-likeness (QED) is 0.427. The highest BCUT2D eigenvalue weighted by Crippen LogP contribution is 2.32. The van der Waals surface area contributed by atoms with Crippen LogP contribution < -0.4 is 5.73 Å². The van der Waals surface area contributed by atoms with Gasteiger partial charge in [-0.15, -0.1) is 0 Å². The molecule has 6 heteroatoms. The van der Waals surface area contributed by atoms with Crippen molar-refractivity contribution in [1.82, 2.24) is 4.57 Å². The Balaban J connectivity index is 2.16. The van der Waals surface area contributed by atoms with Crippen molar-refractivity contribution in [1.29, 1.82) is 0 Å². The number of hydrogen-bond acceptors (Lipinski definition) is 3. The van der Waals surface area contributed by atoms with Gasteiger partial charge in [0, 0.05) is 39.1 Å². The molecule has 0 bridgehead atoms. The first-order valence-corrected chi connectivity index (χ1v) is 9.93. The number of amides is 1. The number of rotatable bonds is 6. The number of ether oxygens (including phenoxy) is 1. The van der Waals surface area contributed by atoms with Crippen LogP contribution in [0.2, 0.25) is 0 Å². The van der Waals surface area contributed by atoms with Gasteiger partial charge in [-0.3, -0.25) is 4.79 Å². The Labute approximate surface area is 177 Å². The third-order valence-corrected chi connectivity index (χ3v) is 5.00. The van der Waals surface area contributed by atoms with Crippen LogP contribution in [-0.4, -0.2) is 23.1 Å². The minimum atomic E-state index is -0.467. The Kier molecular flexibility index (Phi) is 6.34. The van der Waals surface area contributed by atoms with Crippen molar-refractivity contribution in [3.63, 3.8) is 0 Å². The van der Waals surface area contributed by atoms with Crippen molar-refractivity contribution in [2.45, 2.75) is 13.8 Å². The molecule has 0 radical (unpaired) electrons. The lowest BCUT2D eigenvalue weighted by Crippen LogP contribution is -2.11. The second-order valence-corrected chi connectivity index (χ2v) is 7.36. The Morgan fingerprint density at radius 3 is 2.48 bits per heavy atom. The standard InChI is InChI=1S/C23H21BrN2O3/c1-3-29-21(27)11-5-16-12-13-26(19-8-6-18(24)7-9-19)22(16)20-10-4-17(23(25)28)14-15(20)2/h4-14H,3H2,1-2H3,(H2,25,28).